The van der Waals surface area contributed by atoms with E-state index < -0.39 is 35.3 Å². The molecule has 0 radical (unpaired) electrons. The molecule has 2 aromatic rings. The number of halogens is 3. The lowest BCUT2D eigenvalue weighted by atomic mass is 9.89. The van der Waals surface area contributed by atoms with E-state index in [2.05, 4.69) is 5.32 Å². The summed E-state index contributed by atoms with van der Waals surface area (Å²) in [4.78, 5) is 24.5. The molecule has 0 bridgehead atoms. The first-order valence-electron chi connectivity index (χ1n) is 7.41. The lowest BCUT2D eigenvalue weighted by Crippen LogP contribution is -2.49. The summed E-state index contributed by atoms with van der Waals surface area (Å²) < 4.78 is 40.4. The van der Waals surface area contributed by atoms with Gasteiger partial charge in [-0.25, -0.2) is 4.79 Å². The summed E-state index contributed by atoms with van der Waals surface area (Å²) in [5, 5.41) is 4.15. The number of alkyl halides is 3. The molecule has 4 nitrogen and oxygen atoms in total. The molecule has 1 unspecified atom stereocenters. The standard InChI is InChI=1S/C18H13F3N2O2/c19-18(20,21)16-13(15(24)12-9-5-2-6-10-12)14(22-17(25)23-16)11-7-3-1-4-8-11/h1-10,14H,(H2,22,23,25). The van der Waals surface area contributed by atoms with E-state index in [-0.39, 0.29) is 5.56 Å². The van der Waals surface area contributed by atoms with Gasteiger partial charge in [0, 0.05) is 5.56 Å². The molecule has 128 valence electrons. The van der Waals surface area contributed by atoms with Crippen LogP contribution in [0.15, 0.2) is 71.9 Å². The topological polar surface area (TPSA) is 58.2 Å². The fourth-order valence-corrected chi connectivity index (χ4v) is 2.67. The first-order valence-corrected chi connectivity index (χ1v) is 7.41. The van der Waals surface area contributed by atoms with Crippen LogP contribution in [-0.2, 0) is 0 Å². The first kappa shape index (κ1) is 16.8. The number of ketones is 1. The summed E-state index contributed by atoms with van der Waals surface area (Å²) >= 11 is 0. The van der Waals surface area contributed by atoms with Crippen molar-refractivity contribution in [1.82, 2.24) is 10.6 Å². The summed E-state index contributed by atoms with van der Waals surface area (Å²) in [6.45, 7) is 0. The average molecular weight is 346 g/mol. The molecule has 2 amide bonds. The van der Waals surface area contributed by atoms with E-state index in [1.807, 2.05) is 0 Å². The Morgan fingerprint density at radius 2 is 1.48 bits per heavy atom. The largest absolute Gasteiger partial charge is 0.431 e. The number of Topliss-reactive ketones (excluding diaryl/α,β-unsaturated/α-hetero) is 1. The van der Waals surface area contributed by atoms with Gasteiger partial charge in [0.1, 0.15) is 5.70 Å². The number of urea groups is 1. The third-order valence-electron chi connectivity index (χ3n) is 3.77. The Morgan fingerprint density at radius 1 is 0.920 bits per heavy atom. The predicted octanol–water partition coefficient (Wildman–Crippen LogP) is 3.74. The van der Waals surface area contributed by atoms with E-state index in [0.717, 1.165) is 0 Å². The fraction of sp³-hybridized carbons (Fsp3) is 0.111. The molecule has 0 saturated heterocycles. The summed E-state index contributed by atoms with van der Waals surface area (Å²) in [7, 11) is 0. The van der Waals surface area contributed by atoms with Gasteiger partial charge >= 0.3 is 12.2 Å². The second-order valence-corrected chi connectivity index (χ2v) is 5.42. The Morgan fingerprint density at radius 3 is 2.04 bits per heavy atom. The molecule has 0 aromatic heterocycles. The van der Waals surface area contributed by atoms with Crippen molar-refractivity contribution in [3.63, 3.8) is 0 Å². The molecule has 2 N–H and O–H groups in total. The quantitative estimate of drug-likeness (QED) is 0.832. The average Bonchev–Trinajstić information content (AvgIpc) is 2.61. The van der Waals surface area contributed by atoms with Gasteiger partial charge in [0.05, 0.1) is 11.6 Å². The molecule has 1 heterocycles. The third kappa shape index (κ3) is 3.40. The molecule has 3 rings (SSSR count). The Hall–Kier alpha value is -3.09. The number of rotatable bonds is 3. The molecular formula is C18H13F3N2O2. The molecule has 1 aliphatic rings. The van der Waals surface area contributed by atoms with Crippen LogP contribution in [0.25, 0.3) is 0 Å². The number of allylic oxidation sites excluding steroid dienone is 1. The monoisotopic (exact) mass is 346 g/mol. The Balaban J connectivity index is 2.20. The summed E-state index contributed by atoms with van der Waals surface area (Å²) in [6.07, 6.45) is -4.87. The number of benzene rings is 2. The Kier molecular flexibility index (Phi) is 4.31. The Labute approximate surface area is 141 Å². The highest BCUT2D eigenvalue weighted by Gasteiger charge is 2.45. The van der Waals surface area contributed by atoms with Crippen molar-refractivity contribution in [3.05, 3.63) is 83.1 Å². The third-order valence-corrected chi connectivity index (χ3v) is 3.77. The number of hydrogen-bond donors (Lipinski definition) is 2. The fourth-order valence-electron chi connectivity index (χ4n) is 2.67. The number of amides is 2. The van der Waals surface area contributed by atoms with Gasteiger partial charge in [0.15, 0.2) is 5.78 Å². The molecule has 25 heavy (non-hydrogen) atoms. The lowest BCUT2D eigenvalue weighted by molar-refractivity contribution is -0.0972. The molecule has 1 aliphatic heterocycles. The van der Waals surface area contributed by atoms with Gasteiger partial charge < -0.3 is 10.6 Å². The smallest absolute Gasteiger partial charge is 0.327 e. The van der Waals surface area contributed by atoms with Crippen LogP contribution in [0, 0.1) is 0 Å². The summed E-state index contributed by atoms with van der Waals surface area (Å²) in [5.41, 5.74) is -1.38. The van der Waals surface area contributed by atoms with Crippen LogP contribution in [0.1, 0.15) is 22.0 Å². The minimum absolute atomic E-state index is 0.109. The van der Waals surface area contributed by atoms with Crippen molar-refractivity contribution in [2.75, 3.05) is 0 Å². The second-order valence-electron chi connectivity index (χ2n) is 5.42. The molecular weight excluding hydrogens is 333 g/mol. The van der Waals surface area contributed by atoms with Crippen LogP contribution in [0.3, 0.4) is 0 Å². The zero-order chi connectivity index (χ0) is 18.0. The Bertz CT molecular complexity index is 830. The molecule has 2 aromatic carbocycles. The van der Waals surface area contributed by atoms with Crippen molar-refractivity contribution < 1.29 is 22.8 Å². The zero-order valence-electron chi connectivity index (χ0n) is 12.8. The number of carbonyl (C=O) groups excluding carboxylic acids is 2. The SMILES string of the molecule is O=C1NC(C(F)(F)F)=C(C(=O)c2ccccc2)C(c2ccccc2)N1. The van der Waals surface area contributed by atoms with Gasteiger partial charge in [-0.1, -0.05) is 60.7 Å². The van der Waals surface area contributed by atoms with E-state index in [1.54, 1.807) is 53.8 Å². The van der Waals surface area contributed by atoms with Crippen molar-refractivity contribution in [1.29, 1.82) is 0 Å². The lowest BCUT2D eigenvalue weighted by Gasteiger charge is -2.30. The number of nitrogens with one attached hydrogen (secondary N) is 2. The van der Waals surface area contributed by atoms with Crippen LogP contribution in [0.2, 0.25) is 0 Å². The molecule has 0 fully saturated rings. The summed E-state index contributed by atoms with van der Waals surface area (Å²) in [5.74, 6) is -0.797. The van der Waals surface area contributed by atoms with Gasteiger partial charge in [-0.3, -0.25) is 4.79 Å². The highest BCUT2D eigenvalue weighted by atomic mass is 19.4. The van der Waals surface area contributed by atoms with E-state index in [1.165, 1.54) is 12.1 Å². The van der Waals surface area contributed by atoms with Crippen LogP contribution >= 0.6 is 0 Å². The highest BCUT2D eigenvalue weighted by Crippen LogP contribution is 2.36. The van der Waals surface area contributed by atoms with E-state index in [9.17, 15) is 22.8 Å². The zero-order valence-corrected chi connectivity index (χ0v) is 12.8. The van der Waals surface area contributed by atoms with Gasteiger partial charge in [0.2, 0.25) is 0 Å². The van der Waals surface area contributed by atoms with Crippen LogP contribution in [-0.4, -0.2) is 18.0 Å². The van der Waals surface area contributed by atoms with Crippen molar-refractivity contribution in [3.8, 4) is 0 Å². The van der Waals surface area contributed by atoms with E-state index in [0.29, 0.717) is 5.56 Å². The van der Waals surface area contributed by atoms with Crippen LogP contribution < -0.4 is 10.6 Å². The second kappa shape index (κ2) is 6.43. The maximum Gasteiger partial charge on any atom is 0.431 e. The van der Waals surface area contributed by atoms with Crippen molar-refractivity contribution in [2.24, 2.45) is 0 Å². The van der Waals surface area contributed by atoms with Crippen molar-refractivity contribution in [2.45, 2.75) is 12.2 Å². The molecule has 0 aliphatic carbocycles. The molecule has 0 saturated carbocycles. The van der Waals surface area contributed by atoms with Gasteiger partial charge in [-0.2, -0.15) is 13.2 Å². The first-order chi connectivity index (χ1) is 11.9. The highest BCUT2D eigenvalue weighted by molar-refractivity contribution is 6.11. The van der Waals surface area contributed by atoms with Gasteiger partial charge in [0.25, 0.3) is 0 Å². The van der Waals surface area contributed by atoms with Crippen LogP contribution in [0.4, 0.5) is 18.0 Å². The molecule has 1 atom stereocenters. The normalized spacial score (nSPS) is 17.7. The van der Waals surface area contributed by atoms with Gasteiger partial charge in [-0.05, 0) is 5.56 Å². The maximum atomic E-state index is 13.5. The van der Waals surface area contributed by atoms with E-state index in [4.69, 9.17) is 0 Å². The van der Waals surface area contributed by atoms with E-state index >= 15 is 0 Å². The molecule has 0 spiro atoms. The van der Waals surface area contributed by atoms with Crippen molar-refractivity contribution >= 4 is 11.8 Å². The minimum Gasteiger partial charge on any atom is -0.327 e. The maximum absolute atomic E-state index is 13.5. The van der Waals surface area contributed by atoms with Gasteiger partial charge in [-0.15, -0.1) is 0 Å². The number of carbonyl (C=O) groups is 2. The minimum atomic E-state index is -4.87. The number of hydrogen-bond acceptors (Lipinski definition) is 2. The molecule has 7 heteroatoms. The summed E-state index contributed by atoms with van der Waals surface area (Å²) in [6, 6.07) is 13.5. The van der Waals surface area contributed by atoms with Crippen LogP contribution in [0.5, 0.6) is 0 Å². The predicted molar refractivity (Wildman–Crippen MR) is 84.7 cm³/mol.